The highest BCUT2D eigenvalue weighted by Gasteiger charge is 2.19. The standard InChI is InChI=1S/C21H29NO/c1-16-11-12-19(20(15-16)23-5)18(13-14-22-21(2,3)4)17-9-7-6-8-10-17/h6-12,15,18,22H,13-14H2,1-5H3. The molecule has 1 unspecified atom stereocenters. The van der Waals surface area contributed by atoms with Gasteiger partial charge in [0, 0.05) is 17.0 Å². The van der Waals surface area contributed by atoms with E-state index in [0.717, 1.165) is 18.7 Å². The van der Waals surface area contributed by atoms with Crippen LogP contribution < -0.4 is 10.1 Å². The zero-order chi connectivity index (χ0) is 16.9. The fourth-order valence-electron chi connectivity index (χ4n) is 2.88. The van der Waals surface area contributed by atoms with Crippen molar-refractivity contribution in [3.63, 3.8) is 0 Å². The number of methoxy groups -OCH3 is 1. The van der Waals surface area contributed by atoms with Gasteiger partial charge in [-0.3, -0.25) is 0 Å². The van der Waals surface area contributed by atoms with E-state index in [1.165, 1.54) is 16.7 Å². The SMILES string of the molecule is COc1cc(C)ccc1C(CCNC(C)(C)C)c1ccccc1. The number of hydrogen-bond donors (Lipinski definition) is 1. The Morgan fingerprint density at radius 2 is 1.74 bits per heavy atom. The molecule has 0 fully saturated rings. The van der Waals surface area contributed by atoms with Gasteiger partial charge in [-0.1, -0.05) is 42.5 Å². The number of benzene rings is 2. The number of nitrogens with one attached hydrogen (secondary N) is 1. The van der Waals surface area contributed by atoms with Crippen LogP contribution in [0.25, 0.3) is 0 Å². The minimum Gasteiger partial charge on any atom is -0.496 e. The van der Waals surface area contributed by atoms with Crippen LogP contribution in [0.1, 0.15) is 49.8 Å². The minimum atomic E-state index is 0.138. The number of aryl methyl sites for hydroxylation is 1. The summed E-state index contributed by atoms with van der Waals surface area (Å²) in [5, 5.41) is 3.60. The second kappa shape index (κ2) is 7.65. The van der Waals surface area contributed by atoms with Crippen LogP contribution in [0, 0.1) is 6.92 Å². The molecule has 0 radical (unpaired) electrons. The van der Waals surface area contributed by atoms with Gasteiger partial charge in [0.15, 0.2) is 0 Å². The first-order valence-electron chi connectivity index (χ1n) is 8.35. The first-order chi connectivity index (χ1) is 10.9. The van der Waals surface area contributed by atoms with Crippen molar-refractivity contribution in [2.75, 3.05) is 13.7 Å². The first kappa shape index (κ1) is 17.6. The van der Waals surface area contributed by atoms with Crippen LogP contribution in [0.3, 0.4) is 0 Å². The lowest BCUT2D eigenvalue weighted by molar-refractivity contribution is 0.398. The van der Waals surface area contributed by atoms with Gasteiger partial charge >= 0.3 is 0 Å². The van der Waals surface area contributed by atoms with E-state index in [9.17, 15) is 0 Å². The summed E-state index contributed by atoms with van der Waals surface area (Å²) in [6.45, 7) is 9.69. The fraction of sp³-hybridized carbons (Fsp3) is 0.429. The van der Waals surface area contributed by atoms with Crippen molar-refractivity contribution in [3.05, 3.63) is 65.2 Å². The molecule has 0 aliphatic rings. The molecule has 0 aliphatic carbocycles. The monoisotopic (exact) mass is 311 g/mol. The molecule has 0 saturated carbocycles. The fourth-order valence-corrected chi connectivity index (χ4v) is 2.88. The summed E-state index contributed by atoms with van der Waals surface area (Å²) in [6.07, 6.45) is 1.04. The largest absolute Gasteiger partial charge is 0.496 e. The van der Waals surface area contributed by atoms with Gasteiger partial charge in [0.1, 0.15) is 5.75 Å². The Bertz CT molecular complexity index is 613. The van der Waals surface area contributed by atoms with Crippen molar-refractivity contribution in [2.24, 2.45) is 0 Å². The molecule has 2 aromatic carbocycles. The molecule has 2 aromatic rings. The highest BCUT2D eigenvalue weighted by molar-refractivity contribution is 5.44. The van der Waals surface area contributed by atoms with Gasteiger partial charge in [0.05, 0.1) is 7.11 Å². The average Bonchev–Trinajstić information content (AvgIpc) is 2.52. The molecule has 23 heavy (non-hydrogen) atoms. The summed E-state index contributed by atoms with van der Waals surface area (Å²) < 4.78 is 5.66. The quantitative estimate of drug-likeness (QED) is 0.818. The smallest absolute Gasteiger partial charge is 0.122 e. The van der Waals surface area contributed by atoms with Crippen molar-refractivity contribution >= 4 is 0 Å². The minimum absolute atomic E-state index is 0.138. The van der Waals surface area contributed by atoms with E-state index in [4.69, 9.17) is 4.74 Å². The molecule has 0 aliphatic heterocycles. The summed E-state index contributed by atoms with van der Waals surface area (Å²) in [5.41, 5.74) is 3.97. The van der Waals surface area contributed by atoms with Crippen LogP contribution in [0.4, 0.5) is 0 Å². The van der Waals surface area contributed by atoms with Crippen LogP contribution in [-0.4, -0.2) is 19.2 Å². The Morgan fingerprint density at radius 1 is 1.04 bits per heavy atom. The van der Waals surface area contributed by atoms with Gasteiger partial charge < -0.3 is 10.1 Å². The van der Waals surface area contributed by atoms with E-state index in [1.54, 1.807) is 7.11 Å². The van der Waals surface area contributed by atoms with Gasteiger partial charge in [-0.05, 0) is 57.9 Å². The molecule has 124 valence electrons. The molecule has 0 spiro atoms. The van der Waals surface area contributed by atoms with E-state index in [0.29, 0.717) is 5.92 Å². The number of ether oxygens (including phenoxy) is 1. The topological polar surface area (TPSA) is 21.3 Å². The van der Waals surface area contributed by atoms with Crippen LogP contribution in [0.5, 0.6) is 5.75 Å². The second-order valence-electron chi connectivity index (χ2n) is 7.17. The van der Waals surface area contributed by atoms with Crippen molar-refractivity contribution in [2.45, 2.75) is 45.6 Å². The number of rotatable bonds is 6. The van der Waals surface area contributed by atoms with Crippen LogP contribution in [0.15, 0.2) is 48.5 Å². The summed E-state index contributed by atoms with van der Waals surface area (Å²) in [5.74, 6) is 1.32. The Labute approximate surface area is 140 Å². The summed E-state index contributed by atoms with van der Waals surface area (Å²) in [6, 6.07) is 17.2. The first-order valence-corrected chi connectivity index (χ1v) is 8.35. The average molecular weight is 311 g/mol. The van der Waals surface area contributed by atoms with E-state index < -0.39 is 0 Å². The predicted molar refractivity (Wildman–Crippen MR) is 98.4 cm³/mol. The summed E-state index contributed by atoms with van der Waals surface area (Å²) in [7, 11) is 1.76. The van der Waals surface area contributed by atoms with Gasteiger partial charge in [0.25, 0.3) is 0 Å². The molecule has 1 N–H and O–H groups in total. The van der Waals surface area contributed by atoms with Gasteiger partial charge in [0.2, 0.25) is 0 Å². The summed E-state index contributed by atoms with van der Waals surface area (Å²) in [4.78, 5) is 0. The molecule has 0 heterocycles. The van der Waals surface area contributed by atoms with Gasteiger partial charge in [-0.15, -0.1) is 0 Å². The van der Waals surface area contributed by atoms with E-state index in [2.05, 4.69) is 81.5 Å². The number of hydrogen-bond acceptors (Lipinski definition) is 2. The zero-order valence-electron chi connectivity index (χ0n) is 15.0. The third-order valence-electron chi connectivity index (χ3n) is 4.05. The normalized spacial score (nSPS) is 12.9. The highest BCUT2D eigenvalue weighted by Crippen LogP contribution is 2.34. The lowest BCUT2D eigenvalue weighted by Gasteiger charge is -2.25. The second-order valence-corrected chi connectivity index (χ2v) is 7.17. The van der Waals surface area contributed by atoms with E-state index in [1.807, 2.05) is 0 Å². The molecule has 0 amide bonds. The van der Waals surface area contributed by atoms with Crippen molar-refractivity contribution in [1.82, 2.24) is 5.32 Å². The third-order valence-corrected chi connectivity index (χ3v) is 4.05. The van der Waals surface area contributed by atoms with Crippen LogP contribution in [0.2, 0.25) is 0 Å². The van der Waals surface area contributed by atoms with Gasteiger partial charge in [-0.25, -0.2) is 0 Å². The molecular formula is C21H29NO. The van der Waals surface area contributed by atoms with Gasteiger partial charge in [-0.2, -0.15) is 0 Å². The van der Waals surface area contributed by atoms with Crippen molar-refractivity contribution < 1.29 is 4.74 Å². The molecule has 2 heteroatoms. The highest BCUT2D eigenvalue weighted by atomic mass is 16.5. The van der Waals surface area contributed by atoms with E-state index >= 15 is 0 Å². The van der Waals surface area contributed by atoms with E-state index in [-0.39, 0.29) is 5.54 Å². The molecule has 0 aromatic heterocycles. The Kier molecular flexibility index (Phi) is 5.84. The Balaban J connectivity index is 2.30. The third kappa shape index (κ3) is 5.11. The lowest BCUT2D eigenvalue weighted by atomic mass is 9.87. The summed E-state index contributed by atoms with van der Waals surface area (Å²) >= 11 is 0. The zero-order valence-corrected chi connectivity index (χ0v) is 15.0. The Morgan fingerprint density at radius 3 is 2.35 bits per heavy atom. The molecule has 2 nitrogen and oxygen atoms in total. The van der Waals surface area contributed by atoms with Crippen LogP contribution >= 0.6 is 0 Å². The molecule has 1 atom stereocenters. The van der Waals surface area contributed by atoms with Crippen molar-refractivity contribution in [3.8, 4) is 5.75 Å². The predicted octanol–water partition coefficient (Wildman–Crippen LogP) is 4.91. The Hall–Kier alpha value is -1.80. The maximum absolute atomic E-state index is 5.66. The molecule has 2 rings (SSSR count). The maximum atomic E-state index is 5.66. The molecule has 0 bridgehead atoms. The van der Waals surface area contributed by atoms with Crippen molar-refractivity contribution in [1.29, 1.82) is 0 Å². The molecule has 0 saturated heterocycles. The molecular weight excluding hydrogens is 282 g/mol. The lowest BCUT2D eigenvalue weighted by Crippen LogP contribution is -2.37. The van der Waals surface area contributed by atoms with Crippen LogP contribution in [-0.2, 0) is 0 Å². The maximum Gasteiger partial charge on any atom is 0.122 e.